The van der Waals surface area contributed by atoms with E-state index in [-0.39, 0.29) is 46.3 Å². The van der Waals surface area contributed by atoms with Crippen molar-refractivity contribution in [1.82, 2.24) is 4.98 Å². The predicted molar refractivity (Wildman–Crippen MR) is 171 cm³/mol. The molecule has 0 amide bonds. The van der Waals surface area contributed by atoms with Crippen LogP contribution in [0.2, 0.25) is 0 Å². The molecule has 1 aromatic heterocycles. The molecular formula is C36H29NO10. The van der Waals surface area contributed by atoms with E-state index in [4.69, 9.17) is 23.7 Å². The van der Waals surface area contributed by atoms with Gasteiger partial charge in [-0.25, -0.2) is 9.59 Å². The third kappa shape index (κ3) is 9.56. The number of para-hydroxylation sites is 1. The minimum Gasteiger partial charge on any atom is -0.493 e. The van der Waals surface area contributed by atoms with Gasteiger partial charge in [0.05, 0.1) is 26.2 Å². The van der Waals surface area contributed by atoms with E-state index in [0.717, 1.165) is 0 Å². The van der Waals surface area contributed by atoms with E-state index < -0.39 is 29.5 Å². The average molecular weight is 636 g/mol. The van der Waals surface area contributed by atoms with Crippen molar-refractivity contribution < 1.29 is 47.7 Å². The van der Waals surface area contributed by atoms with Crippen LogP contribution in [0.15, 0.2) is 97.3 Å². The molecule has 238 valence electrons. The number of benzene rings is 3. The summed E-state index contributed by atoms with van der Waals surface area (Å²) >= 11 is 0. The number of pyridine rings is 1. The summed E-state index contributed by atoms with van der Waals surface area (Å²) in [5, 5.41) is 0. The fraction of sp³-hybridized carbons (Fsp3) is 0.111. The normalized spacial score (nSPS) is 10.8. The fourth-order valence-electron chi connectivity index (χ4n) is 4.09. The first-order valence-corrected chi connectivity index (χ1v) is 14.1. The molecule has 11 nitrogen and oxygen atoms in total. The Morgan fingerprint density at radius 3 is 1.74 bits per heavy atom. The Bertz CT molecular complexity index is 1860. The molecule has 0 aliphatic heterocycles. The summed E-state index contributed by atoms with van der Waals surface area (Å²) in [6.07, 6.45) is 8.10. The third-order valence-electron chi connectivity index (χ3n) is 6.31. The first-order chi connectivity index (χ1) is 22.7. The van der Waals surface area contributed by atoms with Gasteiger partial charge in [-0.3, -0.25) is 19.4 Å². The smallest absolute Gasteiger partial charge is 0.347 e. The van der Waals surface area contributed by atoms with E-state index in [1.165, 1.54) is 75.9 Å². The number of aromatic nitrogens is 1. The topological polar surface area (TPSA) is 144 Å². The molecule has 4 aromatic rings. The minimum atomic E-state index is -0.760. The van der Waals surface area contributed by atoms with E-state index in [9.17, 15) is 24.0 Å². The molecule has 0 aliphatic rings. The lowest BCUT2D eigenvalue weighted by Crippen LogP contribution is -2.13. The maximum atomic E-state index is 12.8. The van der Waals surface area contributed by atoms with Crippen molar-refractivity contribution in [3.63, 3.8) is 0 Å². The van der Waals surface area contributed by atoms with Crippen molar-refractivity contribution in [1.29, 1.82) is 0 Å². The highest BCUT2D eigenvalue weighted by Crippen LogP contribution is 2.31. The van der Waals surface area contributed by atoms with Crippen LogP contribution >= 0.6 is 0 Å². The van der Waals surface area contributed by atoms with Crippen LogP contribution < -0.4 is 23.7 Å². The van der Waals surface area contributed by atoms with Crippen LogP contribution in [-0.2, 0) is 14.4 Å². The quantitative estimate of drug-likeness (QED) is 0.0770. The van der Waals surface area contributed by atoms with E-state index in [1.54, 1.807) is 54.7 Å². The standard InChI is InChI=1S/C36H29NO10/c1-23(38)45-30-9-5-4-8-29(30)36(42)47-32-17-13-25(20-34(32)44-3)11-15-28(40)21-27(39)14-10-24-12-16-31(33(19-24)43-2)46-35(41)26-7-6-18-37-22-26/h4-20,22H,21H2,1-3H3/b14-10+,15-11+. The van der Waals surface area contributed by atoms with Crippen molar-refractivity contribution >= 4 is 41.6 Å². The Morgan fingerprint density at radius 1 is 0.638 bits per heavy atom. The minimum absolute atomic E-state index is 0.0523. The molecule has 0 spiro atoms. The maximum Gasteiger partial charge on any atom is 0.347 e. The lowest BCUT2D eigenvalue weighted by molar-refractivity contribution is -0.132. The zero-order chi connectivity index (χ0) is 33.8. The van der Waals surface area contributed by atoms with Crippen LogP contribution in [0.3, 0.4) is 0 Å². The summed E-state index contributed by atoms with van der Waals surface area (Å²) in [6.45, 7) is 1.22. The number of ether oxygens (including phenoxy) is 5. The van der Waals surface area contributed by atoms with Crippen LogP contribution in [0.25, 0.3) is 12.2 Å². The molecule has 0 N–H and O–H groups in total. The molecule has 0 saturated carbocycles. The van der Waals surface area contributed by atoms with Gasteiger partial charge in [0.2, 0.25) is 0 Å². The highest BCUT2D eigenvalue weighted by Gasteiger charge is 2.18. The van der Waals surface area contributed by atoms with Gasteiger partial charge in [-0.05, 0) is 71.8 Å². The van der Waals surface area contributed by atoms with Crippen LogP contribution in [0.1, 0.15) is 45.2 Å². The summed E-state index contributed by atoms with van der Waals surface area (Å²) in [5.74, 6) is -1.96. The highest BCUT2D eigenvalue weighted by molar-refractivity contribution is 6.11. The Kier molecular flexibility index (Phi) is 11.5. The monoisotopic (exact) mass is 635 g/mol. The fourth-order valence-corrected chi connectivity index (χ4v) is 4.09. The molecule has 3 aromatic carbocycles. The summed E-state index contributed by atoms with van der Waals surface area (Å²) < 4.78 is 26.6. The number of rotatable bonds is 13. The zero-order valence-electron chi connectivity index (χ0n) is 25.6. The number of carbonyl (C=O) groups excluding carboxylic acids is 5. The van der Waals surface area contributed by atoms with Gasteiger partial charge in [0.1, 0.15) is 11.3 Å². The third-order valence-corrected chi connectivity index (χ3v) is 6.31. The number of nitrogens with zero attached hydrogens (tertiary/aromatic N) is 1. The average Bonchev–Trinajstić information content (AvgIpc) is 3.07. The van der Waals surface area contributed by atoms with Gasteiger partial charge >= 0.3 is 17.9 Å². The van der Waals surface area contributed by atoms with E-state index in [1.807, 2.05) is 0 Å². The van der Waals surface area contributed by atoms with E-state index >= 15 is 0 Å². The van der Waals surface area contributed by atoms with Crippen LogP contribution in [-0.4, -0.2) is 48.7 Å². The van der Waals surface area contributed by atoms with Gasteiger partial charge in [0, 0.05) is 19.3 Å². The van der Waals surface area contributed by atoms with Crippen LogP contribution in [0.5, 0.6) is 28.7 Å². The number of methoxy groups -OCH3 is 2. The molecule has 1 heterocycles. The van der Waals surface area contributed by atoms with Crippen molar-refractivity contribution in [3.8, 4) is 28.7 Å². The number of allylic oxidation sites excluding steroid dienone is 2. The molecule has 0 saturated heterocycles. The second-order valence-electron chi connectivity index (χ2n) is 9.71. The van der Waals surface area contributed by atoms with Crippen LogP contribution in [0, 0.1) is 0 Å². The van der Waals surface area contributed by atoms with Gasteiger partial charge in [-0.2, -0.15) is 0 Å². The predicted octanol–water partition coefficient (Wildman–Crippen LogP) is 5.72. The van der Waals surface area contributed by atoms with Gasteiger partial charge < -0.3 is 23.7 Å². The molecule has 11 heteroatoms. The maximum absolute atomic E-state index is 12.8. The Labute approximate surface area is 270 Å². The number of carbonyl (C=O) groups is 5. The number of esters is 3. The summed E-state index contributed by atoms with van der Waals surface area (Å²) in [5.41, 5.74) is 1.47. The summed E-state index contributed by atoms with van der Waals surface area (Å²) in [6, 6.07) is 18.7. The zero-order valence-corrected chi connectivity index (χ0v) is 25.6. The molecule has 0 bridgehead atoms. The van der Waals surface area contributed by atoms with Crippen molar-refractivity contribution in [2.24, 2.45) is 0 Å². The van der Waals surface area contributed by atoms with Crippen molar-refractivity contribution in [2.75, 3.05) is 14.2 Å². The lowest BCUT2D eigenvalue weighted by atomic mass is 10.1. The molecule has 47 heavy (non-hydrogen) atoms. The van der Waals surface area contributed by atoms with Crippen molar-refractivity contribution in [2.45, 2.75) is 13.3 Å². The van der Waals surface area contributed by atoms with Gasteiger partial charge in [-0.1, -0.05) is 36.4 Å². The first kappa shape index (κ1) is 33.5. The second-order valence-corrected chi connectivity index (χ2v) is 9.71. The second kappa shape index (κ2) is 16.1. The molecular weight excluding hydrogens is 606 g/mol. The van der Waals surface area contributed by atoms with Gasteiger partial charge in [0.15, 0.2) is 34.6 Å². The highest BCUT2D eigenvalue weighted by atomic mass is 16.6. The van der Waals surface area contributed by atoms with E-state index in [0.29, 0.717) is 11.1 Å². The molecule has 0 atom stereocenters. The van der Waals surface area contributed by atoms with Crippen LogP contribution in [0.4, 0.5) is 0 Å². The first-order valence-electron chi connectivity index (χ1n) is 14.1. The number of hydrogen-bond donors (Lipinski definition) is 0. The summed E-state index contributed by atoms with van der Waals surface area (Å²) in [7, 11) is 2.81. The Hall–Kier alpha value is -6.36. The largest absolute Gasteiger partial charge is 0.493 e. The molecule has 0 radical (unpaired) electrons. The summed E-state index contributed by atoms with van der Waals surface area (Å²) in [4.78, 5) is 65.3. The molecule has 4 rings (SSSR count). The van der Waals surface area contributed by atoms with Gasteiger partial charge in [0.25, 0.3) is 0 Å². The Morgan fingerprint density at radius 2 is 1.21 bits per heavy atom. The lowest BCUT2D eigenvalue weighted by Gasteiger charge is -2.12. The van der Waals surface area contributed by atoms with E-state index in [2.05, 4.69) is 4.98 Å². The molecule has 0 unspecified atom stereocenters. The van der Waals surface area contributed by atoms with Crippen molar-refractivity contribution in [3.05, 3.63) is 120 Å². The van der Waals surface area contributed by atoms with Gasteiger partial charge in [-0.15, -0.1) is 0 Å². The Balaban J connectivity index is 1.34. The molecule has 0 fully saturated rings. The molecule has 0 aliphatic carbocycles. The SMILES string of the molecule is COc1cc(/C=C/C(=O)CC(=O)/C=C/c2ccc(OC(=O)c3ccccc3OC(C)=O)c(OC)c2)ccc1OC(=O)c1cccnc1. The number of ketones is 2. The number of hydrogen-bond acceptors (Lipinski definition) is 11.